The van der Waals surface area contributed by atoms with Gasteiger partial charge in [-0.1, -0.05) is 42.2 Å². The van der Waals surface area contributed by atoms with Crippen LogP contribution < -0.4 is 0 Å². The number of carbonyl (C=O) groups is 2. The van der Waals surface area contributed by atoms with Crippen LogP contribution >= 0.6 is 24.0 Å². The molecule has 1 aliphatic heterocycles. The molecule has 0 saturated carbocycles. The van der Waals surface area contributed by atoms with Gasteiger partial charge in [0.05, 0.1) is 10.5 Å². The first-order valence-corrected chi connectivity index (χ1v) is 8.52. The number of nitrogens with zero attached hydrogens (tertiary/aromatic N) is 1. The highest BCUT2D eigenvalue weighted by atomic mass is 32.2. The van der Waals surface area contributed by atoms with E-state index in [1.807, 2.05) is 0 Å². The third-order valence-corrected chi connectivity index (χ3v) is 4.88. The molecule has 25 heavy (non-hydrogen) atoms. The molecule has 0 aliphatic carbocycles. The second-order valence-corrected chi connectivity index (χ2v) is 6.84. The van der Waals surface area contributed by atoms with Gasteiger partial charge < -0.3 is 9.52 Å². The zero-order valence-corrected chi connectivity index (χ0v) is 14.6. The molecule has 2 heterocycles. The largest absolute Gasteiger partial charge is 0.478 e. The summed E-state index contributed by atoms with van der Waals surface area (Å²) in [6.45, 7) is 3.99. The summed E-state index contributed by atoms with van der Waals surface area (Å²) in [4.78, 5) is 25.2. The van der Waals surface area contributed by atoms with Crippen molar-refractivity contribution in [2.24, 2.45) is 0 Å². The number of thioether (sulfide) groups is 1. The maximum Gasteiger partial charge on any atom is 0.335 e. The van der Waals surface area contributed by atoms with Crippen molar-refractivity contribution in [1.29, 1.82) is 0 Å². The maximum atomic E-state index is 12.3. The Hall–Kier alpha value is -2.64. The number of benzene rings is 1. The van der Waals surface area contributed by atoms with Crippen molar-refractivity contribution in [2.75, 3.05) is 6.54 Å². The molecule has 1 N–H and O–H groups in total. The second-order valence-electron chi connectivity index (χ2n) is 5.17. The summed E-state index contributed by atoms with van der Waals surface area (Å²) in [6, 6.07) is 9.90. The quantitative estimate of drug-likeness (QED) is 0.486. The van der Waals surface area contributed by atoms with Crippen molar-refractivity contribution >= 4 is 46.3 Å². The number of thiocarbonyl (C=S) groups is 1. The van der Waals surface area contributed by atoms with Crippen LogP contribution in [-0.2, 0) is 4.79 Å². The lowest BCUT2D eigenvalue weighted by atomic mass is 10.1. The highest BCUT2D eigenvalue weighted by Crippen LogP contribution is 2.33. The SMILES string of the molecule is C=CCN1C(=O)/C(=C/c2ccc(-c3ccc(C(=O)O)cc3)o2)SC1=S. The standard InChI is InChI=1S/C18H13NO4S2/c1-2-9-19-16(20)15(25-18(19)24)10-13-7-8-14(23-13)11-3-5-12(6-4-11)17(21)22/h2-8,10H,1,9H2,(H,21,22)/b15-10-. The van der Waals surface area contributed by atoms with E-state index in [0.29, 0.717) is 27.3 Å². The molecular weight excluding hydrogens is 358 g/mol. The first-order valence-electron chi connectivity index (χ1n) is 7.29. The monoisotopic (exact) mass is 371 g/mol. The summed E-state index contributed by atoms with van der Waals surface area (Å²) < 4.78 is 6.23. The molecule has 7 heteroatoms. The van der Waals surface area contributed by atoms with Gasteiger partial charge >= 0.3 is 5.97 Å². The molecular formula is C18H13NO4S2. The average molecular weight is 371 g/mol. The lowest BCUT2D eigenvalue weighted by Crippen LogP contribution is -2.27. The maximum absolute atomic E-state index is 12.3. The number of rotatable bonds is 5. The molecule has 1 amide bonds. The van der Waals surface area contributed by atoms with Crippen LogP contribution in [0.1, 0.15) is 16.1 Å². The molecule has 1 fully saturated rings. The van der Waals surface area contributed by atoms with Gasteiger partial charge in [-0.15, -0.1) is 6.58 Å². The van der Waals surface area contributed by atoms with Gasteiger partial charge in [-0.05, 0) is 24.3 Å². The molecule has 0 atom stereocenters. The summed E-state index contributed by atoms with van der Waals surface area (Å²) >= 11 is 6.41. The van der Waals surface area contributed by atoms with Gasteiger partial charge in [-0.25, -0.2) is 4.79 Å². The van der Waals surface area contributed by atoms with Crippen LogP contribution in [0.25, 0.3) is 17.4 Å². The van der Waals surface area contributed by atoms with Crippen LogP contribution in [0.15, 0.2) is 58.4 Å². The summed E-state index contributed by atoms with van der Waals surface area (Å²) in [5.74, 6) is -0.0342. The van der Waals surface area contributed by atoms with Gasteiger partial charge in [-0.3, -0.25) is 9.69 Å². The third kappa shape index (κ3) is 3.57. The van der Waals surface area contributed by atoms with Crippen molar-refractivity contribution in [1.82, 2.24) is 4.90 Å². The minimum Gasteiger partial charge on any atom is -0.478 e. The van der Waals surface area contributed by atoms with Gasteiger partial charge in [0.25, 0.3) is 5.91 Å². The van der Waals surface area contributed by atoms with Gasteiger partial charge in [-0.2, -0.15) is 0 Å². The molecule has 1 saturated heterocycles. The number of hydrogen-bond donors (Lipinski definition) is 1. The Balaban J connectivity index is 1.82. The minimum absolute atomic E-state index is 0.168. The zero-order chi connectivity index (χ0) is 18.0. The fourth-order valence-corrected chi connectivity index (χ4v) is 3.53. The molecule has 3 rings (SSSR count). The van der Waals surface area contributed by atoms with E-state index in [2.05, 4.69) is 6.58 Å². The van der Waals surface area contributed by atoms with Crippen molar-refractivity contribution in [3.05, 3.63) is 65.3 Å². The molecule has 0 radical (unpaired) electrons. The molecule has 0 spiro atoms. The van der Waals surface area contributed by atoms with Gasteiger partial charge in [0.15, 0.2) is 0 Å². The molecule has 126 valence electrons. The van der Waals surface area contributed by atoms with Gasteiger partial charge in [0.2, 0.25) is 0 Å². The van der Waals surface area contributed by atoms with E-state index in [0.717, 1.165) is 5.56 Å². The van der Waals surface area contributed by atoms with Crippen LogP contribution in [0.4, 0.5) is 0 Å². The van der Waals surface area contributed by atoms with E-state index >= 15 is 0 Å². The number of carboxylic acids is 1. The summed E-state index contributed by atoms with van der Waals surface area (Å²) in [5, 5.41) is 8.93. The Morgan fingerprint density at radius 3 is 2.64 bits per heavy atom. The van der Waals surface area contributed by atoms with E-state index in [1.54, 1.807) is 36.4 Å². The predicted molar refractivity (Wildman–Crippen MR) is 101 cm³/mol. The van der Waals surface area contributed by atoms with Crippen LogP contribution in [0.5, 0.6) is 0 Å². The predicted octanol–water partition coefficient (Wildman–Crippen LogP) is 4.03. The third-order valence-electron chi connectivity index (χ3n) is 3.50. The number of carbonyl (C=O) groups excluding carboxylic acids is 1. The zero-order valence-electron chi connectivity index (χ0n) is 13.0. The number of hydrogen-bond acceptors (Lipinski definition) is 5. The van der Waals surface area contributed by atoms with Gasteiger partial charge in [0, 0.05) is 18.2 Å². The normalized spacial score (nSPS) is 15.8. The fourth-order valence-electron chi connectivity index (χ4n) is 2.28. The van der Waals surface area contributed by atoms with E-state index in [4.69, 9.17) is 21.7 Å². The van der Waals surface area contributed by atoms with Crippen LogP contribution in [0, 0.1) is 0 Å². The molecule has 1 aromatic heterocycles. The van der Waals surface area contributed by atoms with E-state index in [-0.39, 0.29) is 11.5 Å². The summed E-state index contributed by atoms with van der Waals surface area (Å²) in [5.41, 5.74) is 0.963. The Kier molecular flexibility index (Phi) is 4.87. The minimum atomic E-state index is -0.978. The molecule has 5 nitrogen and oxygen atoms in total. The molecule has 2 aromatic rings. The fraction of sp³-hybridized carbons (Fsp3) is 0.0556. The van der Waals surface area contributed by atoms with Crippen molar-refractivity contribution in [3.8, 4) is 11.3 Å². The smallest absolute Gasteiger partial charge is 0.335 e. The lowest BCUT2D eigenvalue weighted by molar-refractivity contribution is -0.121. The first-order chi connectivity index (χ1) is 12.0. The van der Waals surface area contributed by atoms with Crippen LogP contribution in [0.2, 0.25) is 0 Å². The van der Waals surface area contributed by atoms with Crippen LogP contribution in [0.3, 0.4) is 0 Å². The summed E-state index contributed by atoms with van der Waals surface area (Å²) in [7, 11) is 0. The topological polar surface area (TPSA) is 70.8 Å². The summed E-state index contributed by atoms with van der Waals surface area (Å²) in [6.07, 6.45) is 3.27. The first kappa shape index (κ1) is 17.2. The highest BCUT2D eigenvalue weighted by Gasteiger charge is 2.31. The lowest BCUT2D eigenvalue weighted by Gasteiger charge is -2.10. The Morgan fingerprint density at radius 1 is 1.28 bits per heavy atom. The average Bonchev–Trinajstić information content (AvgIpc) is 3.16. The number of furan rings is 1. The Labute approximate surface area is 153 Å². The van der Waals surface area contributed by atoms with Gasteiger partial charge in [0.1, 0.15) is 15.8 Å². The van der Waals surface area contributed by atoms with Crippen molar-refractivity contribution in [2.45, 2.75) is 0 Å². The molecule has 0 bridgehead atoms. The number of amides is 1. The van der Waals surface area contributed by atoms with Crippen LogP contribution in [-0.4, -0.2) is 32.7 Å². The number of carboxylic acid groups (broad SMARTS) is 1. The van der Waals surface area contributed by atoms with Crippen molar-refractivity contribution in [3.63, 3.8) is 0 Å². The van der Waals surface area contributed by atoms with E-state index < -0.39 is 5.97 Å². The Bertz CT molecular complexity index is 896. The van der Waals surface area contributed by atoms with Crippen molar-refractivity contribution < 1.29 is 19.1 Å². The molecule has 1 aromatic carbocycles. The van der Waals surface area contributed by atoms with E-state index in [9.17, 15) is 9.59 Å². The highest BCUT2D eigenvalue weighted by molar-refractivity contribution is 8.26. The molecule has 1 aliphatic rings. The Morgan fingerprint density at radius 2 is 2.00 bits per heavy atom. The molecule has 0 unspecified atom stereocenters. The second kappa shape index (κ2) is 7.08. The van der Waals surface area contributed by atoms with E-state index in [1.165, 1.54) is 28.8 Å². The number of aromatic carboxylic acids is 1.